The summed E-state index contributed by atoms with van der Waals surface area (Å²) in [7, 11) is 0. The zero-order valence-electron chi connectivity index (χ0n) is 32.1. The SMILES string of the molecule is C.C.C.C=C1CCC2C3C(CC[C@]12C)[C@@]1(C)CC[C@@H](N)CC1[C@@H](O)[C@@H]3O.C=C1CCC2C3C(CC[C@]12C)[C@@]1(C)CC[C@@H](N)CC1[C@@H](O)[C@@H]3O.CC(=O)O.Cl. The second-order valence-electron chi connectivity index (χ2n) is 19.6. The monoisotopic (exact) mass is 783 g/mol. The van der Waals surface area contributed by atoms with E-state index < -0.39 is 30.4 Å². The van der Waals surface area contributed by atoms with Crippen LogP contribution < -0.4 is 11.5 Å². The standard InChI is InChI=1S/2C20H33NO2.C2H4O2.3CH4.ClH/c2*1-11-4-5-13-16-14(7-9-19(11,13)2)20(3)8-6-12(21)10-15(20)17(22)18(16)23;1-2(3)4;;;;/h2*12-18,22-23H,1,4-10,21H2,2-3H3;1H3,(H,3,4);3*1H4;1H/t2*12-,13?,14?,15?,16?,17-,18-,19-,20-;;;;;/m11...../s1. The van der Waals surface area contributed by atoms with Crippen molar-refractivity contribution < 1.29 is 30.3 Å². The Morgan fingerprint density at radius 3 is 1.20 bits per heavy atom. The van der Waals surface area contributed by atoms with Crippen LogP contribution in [0.15, 0.2) is 24.3 Å². The van der Waals surface area contributed by atoms with Crippen molar-refractivity contribution in [2.24, 2.45) is 80.5 Å². The number of carboxylic acids is 1. The minimum atomic E-state index is -0.833. The number of carboxylic acid groups (broad SMARTS) is 1. The summed E-state index contributed by atoms with van der Waals surface area (Å²) in [4.78, 5) is 9.00. The van der Waals surface area contributed by atoms with Crippen molar-refractivity contribution in [3.05, 3.63) is 24.3 Å². The van der Waals surface area contributed by atoms with Crippen molar-refractivity contribution in [1.29, 1.82) is 0 Å². The summed E-state index contributed by atoms with van der Waals surface area (Å²) in [6.07, 6.45) is 12.9. The van der Waals surface area contributed by atoms with Crippen LogP contribution in [0.5, 0.6) is 0 Å². The molecule has 316 valence electrons. The van der Waals surface area contributed by atoms with Gasteiger partial charge in [-0.05, 0) is 159 Å². The molecular weight excluding hydrogens is 700 g/mol. The number of nitrogens with two attached hydrogens (primary N) is 2. The van der Waals surface area contributed by atoms with E-state index in [1.54, 1.807) is 0 Å². The highest BCUT2D eigenvalue weighted by molar-refractivity contribution is 5.85. The van der Waals surface area contributed by atoms with E-state index in [4.69, 9.17) is 21.4 Å². The Labute approximate surface area is 335 Å². The number of halogens is 1. The third kappa shape index (κ3) is 7.66. The van der Waals surface area contributed by atoms with Crippen LogP contribution in [-0.4, -0.2) is 68.0 Å². The van der Waals surface area contributed by atoms with Gasteiger partial charge in [0.25, 0.3) is 5.97 Å². The van der Waals surface area contributed by atoms with Crippen molar-refractivity contribution in [2.75, 3.05) is 0 Å². The molecule has 0 radical (unpaired) electrons. The molecular formula is C45H83ClN2O6. The van der Waals surface area contributed by atoms with Gasteiger partial charge in [-0.25, -0.2) is 0 Å². The number of aliphatic hydroxyl groups excluding tert-OH is 4. The molecule has 8 nitrogen and oxygen atoms in total. The van der Waals surface area contributed by atoms with Gasteiger partial charge >= 0.3 is 0 Å². The number of rotatable bonds is 0. The molecule has 8 aliphatic carbocycles. The van der Waals surface area contributed by atoms with Crippen LogP contribution in [0, 0.1) is 69.0 Å². The number of hydrogen-bond acceptors (Lipinski definition) is 7. The number of aliphatic hydroxyl groups is 4. The molecule has 0 aliphatic heterocycles. The van der Waals surface area contributed by atoms with Gasteiger partial charge in [0, 0.05) is 19.0 Å². The van der Waals surface area contributed by atoms with Crippen LogP contribution in [0.25, 0.3) is 0 Å². The van der Waals surface area contributed by atoms with Gasteiger partial charge in [0.05, 0.1) is 24.4 Å². The molecule has 0 saturated heterocycles. The Balaban J connectivity index is 0.000000319. The summed E-state index contributed by atoms with van der Waals surface area (Å²) < 4.78 is 0. The van der Waals surface area contributed by atoms with E-state index in [0.29, 0.717) is 23.7 Å². The summed E-state index contributed by atoms with van der Waals surface area (Å²) in [5.41, 5.74) is 15.8. The van der Waals surface area contributed by atoms with Crippen molar-refractivity contribution in [3.8, 4) is 0 Å². The van der Waals surface area contributed by atoms with Crippen LogP contribution in [0.2, 0.25) is 0 Å². The normalized spacial score (nSPS) is 50.9. The summed E-state index contributed by atoms with van der Waals surface area (Å²) in [5, 5.41) is 51.4. The Morgan fingerprint density at radius 1 is 0.574 bits per heavy atom. The van der Waals surface area contributed by atoms with Crippen molar-refractivity contribution >= 4 is 18.4 Å². The molecule has 0 aromatic carbocycles. The lowest BCUT2D eigenvalue weighted by Crippen LogP contribution is -2.64. The lowest BCUT2D eigenvalue weighted by atomic mass is 9.43. The molecule has 0 aromatic heterocycles. The molecule has 9 heteroatoms. The van der Waals surface area contributed by atoms with Crippen LogP contribution in [-0.2, 0) is 4.79 Å². The first kappa shape index (κ1) is 49.1. The predicted molar refractivity (Wildman–Crippen MR) is 224 cm³/mol. The zero-order chi connectivity index (χ0) is 36.7. The zero-order valence-corrected chi connectivity index (χ0v) is 32.9. The number of aliphatic carboxylic acids is 1. The lowest BCUT2D eigenvalue weighted by Gasteiger charge is -2.63. The van der Waals surface area contributed by atoms with Crippen molar-refractivity contribution in [3.63, 3.8) is 0 Å². The van der Waals surface area contributed by atoms with Crippen LogP contribution in [0.1, 0.15) is 147 Å². The highest BCUT2D eigenvalue weighted by Crippen LogP contribution is 2.68. The minimum absolute atomic E-state index is 0. The first-order valence-electron chi connectivity index (χ1n) is 20.1. The fourth-order valence-corrected chi connectivity index (χ4v) is 14.4. The fraction of sp³-hybridized carbons (Fsp3) is 0.889. The molecule has 18 atom stereocenters. The van der Waals surface area contributed by atoms with Crippen LogP contribution in [0.4, 0.5) is 0 Å². The summed E-state index contributed by atoms with van der Waals surface area (Å²) in [6, 6.07) is 0.373. The summed E-state index contributed by atoms with van der Waals surface area (Å²) in [6.45, 7) is 19.2. The third-order valence-corrected chi connectivity index (χ3v) is 17.5. The number of allylic oxidation sites excluding steroid dienone is 2. The average molecular weight is 784 g/mol. The molecule has 9 N–H and O–H groups in total. The maximum Gasteiger partial charge on any atom is 0.300 e. The van der Waals surface area contributed by atoms with Crippen molar-refractivity contribution in [1.82, 2.24) is 0 Å². The first-order chi connectivity index (χ1) is 23.3. The highest BCUT2D eigenvalue weighted by atomic mass is 35.5. The first-order valence-corrected chi connectivity index (χ1v) is 20.1. The highest BCUT2D eigenvalue weighted by Gasteiger charge is 2.65. The van der Waals surface area contributed by atoms with E-state index in [1.807, 2.05) is 0 Å². The molecule has 0 aromatic rings. The van der Waals surface area contributed by atoms with E-state index in [-0.39, 0.29) is 92.1 Å². The fourth-order valence-electron chi connectivity index (χ4n) is 14.4. The van der Waals surface area contributed by atoms with Gasteiger partial charge in [0.1, 0.15) is 0 Å². The van der Waals surface area contributed by atoms with Gasteiger partial charge in [0.15, 0.2) is 0 Å². The van der Waals surface area contributed by atoms with Gasteiger partial charge in [-0.2, -0.15) is 0 Å². The Morgan fingerprint density at radius 2 is 0.889 bits per heavy atom. The Hall–Kier alpha value is -1.00. The van der Waals surface area contributed by atoms with Crippen molar-refractivity contribution in [2.45, 2.75) is 183 Å². The van der Waals surface area contributed by atoms with E-state index in [9.17, 15) is 20.4 Å². The molecule has 8 saturated carbocycles. The Kier molecular flexibility index (Phi) is 15.9. The smallest absolute Gasteiger partial charge is 0.300 e. The summed E-state index contributed by atoms with van der Waals surface area (Å²) in [5.74, 6) is 2.01. The average Bonchev–Trinajstić information content (AvgIpc) is 3.54. The number of hydrogen-bond donors (Lipinski definition) is 7. The maximum absolute atomic E-state index is 11.0. The predicted octanol–water partition coefficient (Wildman–Crippen LogP) is 8.13. The molecule has 0 spiro atoms. The maximum atomic E-state index is 11.0. The van der Waals surface area contributed by atoms with Gasteiger partial charge in [-0.1, -0.05) is 74.3 Å². The summed E-state index contributed by atoms with van der Waals surface area (Å²) >= 11 is 0. The molecule has 8 rings (SSSR count). The minimum Gasteiger partial charge on any atom is -0.481 e. The van der Waals surface area contributed by atoms with Crippen LogP contribution in [0.3, 0.4) is 0 Å². The van der Waals surface area contributed by atoms with Gasteiger partial charge in [-0.15, -0.1) is 12.4 Å². The topological polar surface area (TPSA) is 170 Å². The van der Waals surface area contributed by atoms with E-state index in [0.717, 1.165) is 71.1 Å². The molecule has 8 fully saturated rings. The molecule has 0 heterocycles. The lowest BCUT2D eigenvalue weighted by molar-refractivity contribution is -0.210. The van der Waals surface area contributed by atoms with Gasteiger partial charge in [0.2, 0.25) is 0 Å². The second-order valence-corrected chi connectivity index (χ2v) is 19.6. The van der Waals surface area contributed by atoms with Gasteiger partial charge in [-0.3, -0.25) is 4.79 Å². The third-order valence-electron chi connectivity index (χ3n) is 17.5. The van der Waals surface area contributed by atoms with E-state index in [1.165, 1.54) is 36.8 Å². The largest absolute Gasteiger partial charge is 0.481 e. The molecule has 54 heavy (non-hydrogen) atoms. The molecule has 8 unspecified atom stereocenters. The number of carbonyl (C=O) groups is 1. The molecule has 0 bridgehead atoms. The van der Waals surface area contributed by atoms with Crippen LogP contribution >= 0.6 is 12.4 Å². The quantitative estimate of drug-likeness (QED) is 0.121. The molecule has 0 amide bonds. The second kappa shape index (κ2) is 17.5. The van der Waals surface area contributed by atoms with E-state index >= 15 is 0 Å². The number of fused-ring (bicyclic) bond motifs is 10. The van der Waals surface area contributed by atoms with E-state index in [2.05, 4.69) is 40.9 Å². The van der Waals surface area contributed by atoms with Gasteiger partial charge < -0.3 is 37.0 Å². The Bertz CT molecular complexity index is 1230. The molecule has 8 aliphatic rings.